The number of allylic oxidation sites excluding steroid dienone is 1. The first-order valence-electron chi connectivity index (χ1n) is 6.29. The fraction of sp³-hybridized carbons (Fsp3) is 0.0588. The maximum absolute atomic E-state index is 12.6. The molecule has 0 amide bonds. The number of rotatable bonds is 2. The SMILES string of the molecule is C=CCc1cccc2c1C(=O)c1c(O)cccc1C2=O. The van der Waals surface area contributed by atoms with Crippen LogP contribution < -0.4 is 0 Å². The van der Waals surface area contributed by atoms with Gasteiger partial charge in [0.15, 0.2) is 11.6 Å². The molecular weight excluding hydrogens is 252 g/mol. The molecule has 2 aromatic carbocycles. The van der Waals surface area contributed by atoms with Crippen LogP contribution in [0, 0.1) is 0 Å². The van der Waals surface area contributed by atoms with E-state index in [-0.39, 0.29) is 28.4 Å². The second-order valence-corrected chi connectivity index (χ2v) is 4.69. The highest BCUT2D eigenvalue weighted by molar-refractivity contribution is 6.29. The fourth-order valence-electron chi connectivity index (χ4n) is 2.62. The molecule has 3 rings (SSSR count). The van der Waals surface area contributed by atoms with Crippen molar-refractivity contribution >= 4 is 11.6 Å². The number of fused-ring (bicyclic) bond motifs is 2. The van der Waals surface area contributed by atoms with Gasteiger partial charge in [0.1, 0.15) is 5.75 Å². The third kappa shape index (κ3) is 1.60. The number of ketones is 2. The van der Waals surface area contributed by atoms with Gasteiger partial charge in [0.25, 0.3) is 0 Å². The third-order valence-corrected chi connectivity index (χ3v) is 3.50. The van der Waals surface area contributed by atoms with Gasteiger partial charge >= 0.3 is 0 Å². The molecule has 1 N–H and O–H groups in total. The summed E-state index contributed by atoms with van der Waals surface area (Å²) in [7, 11) is 0. The molecule has 0 fully saturated rings. The van der Waals surface area contributed by atoms with Crippen LogP contribution in [-0.4, -0.2) is 16.7 Å². The second kappa shape index (κ2) is 4.46. The summed E-state index contributed by atoms with van der Waals surface area (Å²) in [6.45, 7) is 3.67. The number of carbonyl (C=O) groups is 2. The van der Waals surface area contributed by atoms with Crippen molar-refractivity contribution in [2.24, 2.45) is 0 Å². The average molecular weight is 264 g/mol. The number of benzene rings is 2. The van der Waals surface area contributed by atoms with E-state index in [2.05, 4.69) is 6.58 Å². The van der Waals surface area contributed by atoms with E-state index < -0.39 is 0 Å². The summed E-state index contributed by atoms with van der Waals surface area (Å²) in [6.07, 6.45) is 2.19. The smallest absolute Gasteiger partial charge is 0.198 e. The normalized spacial score (nSPS) is 12.8. The minimum atomic E-state index is -0.301. The molecule has 2 aromatic rings. The standard InChI is InChI=1S/C17H12O3/c1-2-5-10-6-3-7-11-14(10)17(20)15-12(16(11)19)8-4-9-13(15)18/h2-4,6-9,18H,1,5H2. The zero-order valence-corrected chi connectivity index (χ0v) is 10.7. The van der Waals surface area contributed by atoms with Gasteiger partial charge in [-0.1, -0.05) is 36.4 Å². The van der Waals surface area contributed by atoms with E-state index in [0.29, 0.717) is 17.5 Å². The summed E-state index contributed by atoms with van der Waals surface area (Å²) < 4.78 is 0. The van der Waals surface area contributed by atoms with Crippen LogP contribution in [0.25, 0.3) is 0 Å². The molecule has 0 atom stereocenters. The van der Waals surface area contributed by atoms with Crippen LogP contribution in [0.3, 0.4) is 0 Å². The molecule has 0 spiro atoms. The Labute approximate surface area is 116 Å². The van der Waals surface area contributed by atoms with Crippen LogP contribution in [0.4, 0.5) is 0 Å². The maximum Gasteiger partial charge on any atom is 0.198 e. The molecule has 0 aliphatic heterocycles. The second-order valence-electron chi connectivity index (χ2n) is 4.69. The molecule has 3 heteroatoms. The summed E-state index contributed by atoms with van der Waals surface area (Å²) in [6, 6.07) is 9.77. The lowest BCUT2D eigenvalue weighted by Gasteiger charge is -2.20. The van der Waals surface area contributed by atoms with Crippen LogP contribution in [0.15, 0.2) is 49.1 Å². The van der Waals surface area contributed by atoms with Crippen molar-refractivity contribution in [3.8, 4) is 5.75 Å². The third-order valence-electron chi connectivity index (χ3n) is 3.50. The summed E-state index contributed by atoms with van der Waals surface area (Å²) >= 11 is 0. The largest absolute Gasteiger partial charge is 0.507 e. The van der Waals surface area contributed by atoms with Gasteiger partial charge in [0, 0.05) is 16.7 Å². The van der Waals surface area contributed by atoms with Crippen LogP contribution >= 0.6 is 0 Å². The van der Waals surface area contributed by atoms with Crippen LogP contribution in [0.1, 0.15) is 37.4 Å². The van der Waals surface area contributed by atoms with Crippen LogP contribution in [0.5, 0.6) is 5.75 Å². The van der Waals surface area contributed by atoms with Gasteiger partial charge in [-0.2, -0.15) is 0 Å². The number of hydrogen-bond donors (Lipinski definition) is 1. The molecule has 1 aliphatic carbocycles. The number of phenols is 1. The molecular formula is C17H12O3. The van der Waals surface area contributed by atoms with Gasteiger partial charge in [-0.3, -0.25) is 9.59 Å². The van der Waals surface area contributed by atoms with Crippen molar-refractivity contribution in [3.05, 3.63) is 76.9 Å². The van der Waals surface area contributed by atoms with E-state index >= 15 is 0 Å². The molecule has 0 unspecified atom stereocenters. The van der Waals surface area contributed by atoms with Crippen molar-refractivity contribution in [1.29, 1.82) is 0 Å². The van der Waals surface area contributed by atoms with Gasteiger partial charge in [-0.05, 0) is 18.1 Å². The van der Waals surface area contributed by atoms with Gasteiger partial charge in [-0.25, -0.2) is 0 Å². The number of aromatic hydroxyl groups is 1. The van der Waals surface area contributed by atoms with Crippen molar-refractivity contribution in [2.75, 3.05) is 0 Å². The Bertz CT molecular complexity index is 757. The minimum absolute atomic E-state index is 0.0986. The van der Waals surface area contributed by atoms with Gasteiger partial charge in [0.05, 0.1) is 5.56 Å². The summed E-state index contributed by atoms with van der Waals surface area (Å²) in [5, 5.41) is 9.90. The Balaban J connectivity index is 2.33. The van der Waals surface area contributed by atoms with Crippen molar-refractivity contribution in [1.82, 2.24) is 0 Å². The highest BCUT2D eigenvalue weighted by atomic mass is 16.3. The predicted octanol–water partition coefficient (Wildman–Crippen LogP) is 2.90. The van der Waals surface area contributed by atoms with E-state index in [1.54, 1.807) is 36.4 Å². The topological polar surface area (TPSA) is 54.4 Å². The number of phenolic OH excluding ortho intramolecular Hbond substituents is 1. The van der Waals surface area contributed by atoms with E-state index in [0.717, 1.165) is 5.56 Å². The summed E-state index contributed by atoms with van der Waals surface area (Å²) in [5.74, 6) is -0.679. The van der Waals surface area contributed by atoms with Crippen LogP contribution in [0.2, 0.25) is 0 Å². The first-order chi connectivity index (χ1) is 9.65. The summed E-state index contributed by atoms with van der Waals surface area (Å²) in [5.41, 5.74) is 1.89. The zero-order chi connectivity index (χ0) is 14.3. The van der Waals surface area contributed by atoms with E-state index in [4.69, 9.17) is 0 Å². The minimum Gasteiger partial charge on any atom is -0.507 e. The Morgan fingerprint density at radius 3 is 2.30 bits per heavy atom. The molecule has 0 bridgehead atoms. The molecule has 3 nitrogen and oxygen atoms in total. The highest BCUT2D eigenvalue weighted by Crippen LogP contribution is 2.34. The van der Waals surface area contributed by atoms with Crippen molar-refractivity contribution in [3.63, 3.8) is 0 Å². The van der Waals surface area contributed by atoms with E-state index in [1.165, 1.54) is 6.07 Å². The molecule has 0 radical (unpaired) electrons. The lowest BCUT2D eigenvalue weighted by atomic mass is 9.81. The molecule has 0 saturated heterocycles. The van der Waals surface area contributed by atoms with Crippen molar-refractivity contribution < 1.29 is 14.7 Å². The van der Waals surface area contributed by atoms with Gasteiger partial charge in [0.2, 0.25) is 0 Å². The molecule has 20 heavy (non-hydrogen) atoms. The number of hydrogen-bond acceptors (Lipinski definition) is 3. The Hall–Kier alpha value is -2.68. The lowest BCUT2D eigenvalue weighted by Crippen LogP contribution is -2.22. The average Bonchev–Trinajstić information content (AvgIpc) is 2.45. The van der Waals surface area contributed by atoms with Gasteiger partial charge in [-0.15, -0.1) is 6.58 Å². The predicted molar refractivity (Wildman–Crippen MR) is 75.3 cm³/mol. The molecule has 0 aromatic heterocycles. The Morgan fingerprint density at radius 1 is 0.950 bits per heavy atom. The molecule has 98 valence electrons. The maximum atomic E-state index is 12.6. The highest BCUT2D eigenvalue weighted by Gasteiger charge is 2.33. The fourth-order valence-corrected chi connectivity index (χ4v) is 2.62. The van der Waals surface area contributed by atoms with Crippen LogP contribution in [-0.2, 0) is 6.42 Å². The van der Waals surface area contributed by atoms with Crippen molar-refractivity contribution in [2.45, 2.75) is 6.42 Å². The van der Waals surface area contributed by atoms with E-state index in [1.807, 2.05) is 0 Å². The number of carbonyl (C=O) groups excluding carboxylic acids is 2. The lowest BCUT2D eigenvalue weighted by molar-refractivity contribution is 0.0976. The first kappa shape index (κ1) is 12.4. The first-order valence-corrected chi connectivity index (χ1v) is 6.29. The molecule has 0 saturated carbocycles. The quantitative estimate of drug-likeness (QED) is 0.724. The van der Waals surface area contributed by atoms with Gasteiger partial charge < -0.3 is 5.11 Å². The Kier molecular flexibility index (Phi) is 2.75. The monoisotopic (exact) mass is 264 g/mol. The summed E-state index contributed by atoms with van der Waals surface area (Å²) in [4.78, 5) is 25.1. The van der Waals surface area contributed by atoms with E-state index in [9.17, 15) is 14.7 Å². The zero-order valence-electron chi connectivity index (χ0n) is 10.7. The molecule has 1 aliphatic rings. The Morgan fingerprint density at radius 2 is 1.60 bits per heavy atom. The molecule has 0 heterocycles.